The Kier molecular flexibility index (Phi) is 6.09. The average Bonchev–Trinajstić information content (AvgIpc) is 2.57. The number of unbranched alkanes of at least 4 members (excludes halogenated alkanes) is 1. The Hall–Kier alpha value is -1.16. The number of rotatable bonds is 7. The second kappa shape index (κ2) is 8.28. The van der Waals surface area contributed by atoms with Gasteiger partial charge in [0.05, 0.1) is 6.10 Å². The summed E-state index contributed by atoms with van der Waals surface area (Å²) in [6.45, 7) is 1.95. The summed E-state index contributed by atoms with van der Waals surface area (Å²) in [5.41, 5.74) is 1.38. The fourth-order valence-corrected chi connectivity index (χ4v) is 3.94. The summed E-state index contributed by atoms with van der Waals surface area (Å²) >= 11 is 0. The molecule has 0 aromatic heterocycles. The molecule has 1 N–H and O–H groups in total. The number of aliphatic hydroxyl groups is 1. The number of aryl methyl sites for hydroxylation is 1. The highest BCUT2D eigenvalue weighted by Gasteiger charge is 2.47. The van der Waals surface area contributed by atoms with Crippen molar-refractivity contribution < 1.29 is 14.6 Å². The predicted octanol–water partition coefficient (Wildman–Crippen LogP) is 4.60. The van der Waals surface area contributed by atoms with Gasteiger partial charge in [0.15, 0.2) is 12.1 Å². The van der Waals surface area contributed by atoms with E-state index >= 15 is 0 Å². The molecule has 1 aliphatic carbocycles. The number of hydrogen-bond donors (Lipinski definition) is 1. The van der Waals surface area contributed by atoms with Crippen LogP contribution in [-0.4, -0.2) is 23.3 Å². The number of aliphatic hydroxyl groups excluding tert-OH is 1. The lowest BCUT2D eigenvalue weighted by Gasteiger charge is -2.50. The van der Waals surface area contributed by atoms with Gasteiger partial charge in [-0.05, 0) is 50.5 Å². The number of ether oxygens (including phenoxy) is 2. The molecule has 1 heterocycles. The van der Waals surface area contributed by atoms with Gasteiger partial charge in [-0.1, -0.05) is 48.9 Å². The molecule has 1 spiro atoms. The van der Waals surface area contributed by atoms with E-state index in [4.69, 9.17) is 9.47 Å². The maximum atomic E-state index is 10.2. The lowest BCUT2D eigenvalue weighted by atomic mass is 9.83. The molecular weight excluding hydrogens is 300 g/mol. The number of allylic oxidation sites excluding steroid dienone is 1. The molecule has 24 heavy (non-hydrogen) atoms. The average molecular weight is 330 g/mol. The molecule has 1 aromatic rings. The number of hydrogen-bond acceptors (Lipinski definition) is 3. The first-order chi connectivity index (χ1) is 11.7. The van der Waals surface area contributed by atoms with Crippen LogP contribution in [0.3, 0.4) is 0 Å². The molecule has 2 fully saturated rings. The minimum Gasteiger partial charge on any atom is -0.389 e. The molecule has 1 saturated carbocycles. The maximum absolute atomic E-state index is 10.2. The Morgan fingerprint density at radius 3 is 2.79 bits per heavy atom. The van der Waals surface area contributed by atoms with Crippen LogP contribution >= 0.6 is 0 Å². The smallest absolute Gasteiger partial charge is 0.175 e. The summed E-state index contributed by atoms with van der Waals surface area (Å²) in [5.74, 6) is 0.137. The highest BCUT2D eigenvalue weighted by molar-refractivity contribution is 5.14. The highest BCUT2D eigenvalue weighted by Crippen LogP contribution is 2.44. The molecule has 0 radical (unpaired) electrons. The summed E-state index contributed by atoms with van der Waals surface area (Å²) in [5, 5.41) is 10.2. The van der Waals surface area contributed by atoms with Crippen molar-refractivity contribution in [2.75, 3.05) is 0 Å². The summed E-state index contributed by atoms with van der Waals surface area (Å²) in [7, 11) is 0. The van der Waals surface area contributed by atoms with Crippen LogP contribution in [0, 0.1) is 5.92 Å². The van der Waals surface area contributed by atoms with Crippen molar-refractivity contribution in [3.8, 4) is 0 Å². The van der Waals surface area contributed by atoms with Crippen molar-refractivity contribution in [2.24, 2.45) is 5.92 Å². The number of benzene rings is 1. The first-order valence-corrected chi connectivity index (χ1v) is 9.41. The zero-order valence-corrected chi connectivity index (χ0v) is 14.7. The quantitative estimate of drug-likeness (QED) is 0.587. The summed E-state index contributed by atoms with van der Waals surface area (Å²) < 4.78 is 11.6. The van der Waals surface area contributed by atoms with Crippen LogP contribution in [0.1, 0.15) is 57.4 Å². The van der Waals surface area contributed by atoms with E-state index in [0.29, 0.717) is 5.92 Å². The van der Waals surface area contributed by atoms with Gasteiger partial charge in [-0.2, -0.15) is 0 Å². The second-order valence-electron chi connectivity index (χ2n) is 7.25. The largest absolute Gasteiger partial charge is 0.389 e. The maximum Gasteiger partial charge on any atom is 0.175 e. The molecule has 1 aliphatic heterocycles. The third-order valence-electron chi connectivity index (χ3n) is 5.13. The molecular formula is C21H30O3. The summed E-state index contributed by atoms with van der Waals surface area (Å²) in [4.78, 5) is 0. The van der Waals surface area contributed by atoms with E-state index < -0.39 is 0 Å². The van der Waals surface area contributed by atoms with Gasteiger partial charge in [-0.25, -0.2) is 0 Å². The first kappa shape index (κ1) is 17.7. The van der Waals surface area contributed by atoms with Gasteiger partial charge in [0.2, 0.25) is 0 Å². The van der Waals surface area contributed by atoms with Crippen LogP contribution in [0.15, 0.2) is 42.5 Å². The van der Waals surface area contributed by atoms with E-state index in [1.54, 1.807) is 0 Å². The van der Waals surface area contributed by atoms with Gasteiger partial charge in [0, 0.05) is 12.8 Å². The Morgan fingerprint density at radius 2 is 2.04 bits per heavy atom. The van der Waals surface area contributed by atoms with Gasteiger partial charge >= 0.3 is 0 Å². The molecule has 2 aliphatic rings. The van der Waals surface area contributed by atoms with E-state index in [-0.39, 0.29) is 18.2 Å². The van der Waals surface area contributed by atoms with Crippen molar-refractivity contribution in [2.45, 2.75) is 76.5 Å². The minimum absolute atomic E-state index is 0.0528. The summed E-state index contributed by atoms with van der Waals surface area (Å²) in [6, 6.07) is 10.6. The molecule has 1 aromatic carbocycles. The fourth-order valence-electron chi connectivity index (χ4n) is 3.94. The van der Waals surface area contributed by atoms with E-state index in [9.17, 15) is 5.11 Å². The van der Waals surface area contributed by atoms with Gasteiger partial charge < -0.3 is 14.6 Å². The van der Waals surface area contributed by atoms with Gasteiger partial charge in [-0.15, -0.1) is 0 Å². The lowest BCUT2D eigenvalue weighted by Crippen LogP contribution is -2.54. The van der Waals surface area contributed by atoms with E-state index in [1.165, 1.54) is 12.0 Å². The van der Waals surface area contributed by atoms with Crippen LogP contribution in [-0.2, 0) is 15.9 Å². The van der Waals surface area contributed by atoms with Crippen LogP contribution in [0.5, 0.6) is 0 Å². The first-order valence-electron chi connectivity index (χ1n) is 9.41. The second-order valence-corrected chi connectivity index (χ2v) is 7.25. The van der Waals surface area contributed by atoms with Crippen LogP contribution in [0.4, 0.5) is 0 Å². The molecule has 0 bridgehead atoms. The Labute approximate surface area is 145 Å². The van der Waals surface area contributed by atoms with Crippen LogP contribution in [0.2, 0.25) is 0 Å². The molecule has 132 valence electrons. The van der Waals surface area contributed by atoms with E-state index in [2.05, 4.69) is 30.3 Å². The standard InChI is InChI=1S/C21H30O3/c1-17-23-21(24-17)15-7-11-19(16-21)13-14-20(22)12-6-5-10-18-8-3-2-4-9-18/h2-4,8-9,13-14,17,19-20,22H,5-7,10-12,15-16H2,1H3. The molecule has 3 heteroatoms. The topological polar surface area (TPSA) is 38.7 Å². The molecule has 2 unspecified atom stereocenters. The molecule has 0 amide bonds. The fraction of sp³-hybridized carbons (Fsp3) is 0.619. The predicted molar refractivity (Wildman–Crippen MR) is 95.5 cm³/mol. The lowest BCUT2D eigenvalue weighted by molar-refractivity contribution is -0.455. The SMILES string of the molecule is CC1OC2(CCCC(C=CC(O)CCCCc3ccccc3)C2)O1. The Bertz CT molecular complexity index is 514. The van der Waals surface area contributed by atoms with Crippen molar-refractivity contribution >= 4 is 0 Å². The molecule has 3 rings (SSSR count). The third kappa shape index (κ3) is 4.92. The van der Waals surface area contributed by atoms with Crippen molar-refractivity contribution in [1.29, 1.82) is 0 Å². The Morgan fingerprint density at radius 1 is 1.25 bits per heavy atom. The highest BCUT2D eigenvalue weighted by atomic mass is 16.9. The minimum atomic E-state index is -0.333. The van der Waals surface area contributed by atoms with Crippen LogP contribution < -0.4 is 0 Å². The van der Waals surface area contributed by atoms with E-state index in [1.807, 2.05) is 19.1 Å². The zero-order valence-electron chi connectivity index (χ0n) is 14.7. The van der Waals surface area contributed by atoms with Crippen molar-refractivity contribution in [3.05, 3.63) is 48.0 Å². The summed E-state index contributed by atoms with van der Waals surface area (Å²) in [6.07, 6.45) is 12.1. The monoisotopic (exact) mass is 330 g/mol. The zero-order chi connectivity index (χ0) is 16.8. The van der Waals surface area contributed by atoms with E-state index in [0.717, 1.165) is 44.9 Å². The van der Waals surface area contributed by atoms with Gasteiger partial charge in [-0.3, -0.25) is 0 Å². The van der Waals surface area contributed by atoms with Crippen molar-refractivity contribution in [3.63, 3.8) is 0 Å². The van der Waals surface area contributed by atoms with Crippen molar-refractivity contribution in [1.82, 2.24) is 0 Å². The molecule has 2 atom stereocenters. The van der Waals surface area contributed by atoms with Gasteiger partial charge in [0.1, 0.15) is 0 Å². The molecule has 1 saturated heterocycles. The van der Waals surface area contributed by atoms with Crippen LogP contribution in [0.25, 0.3) is 0 Å². The molecule has 3 nitrogen and oxygen atoms in total. The van der Waals surface area contributed by atoms with Gasteiger partial charge in [0.25, 0.3) is 0 Å². The third-order valence-corrected chi connectivity index (χ3v) is 5.13. The Balaban J connectivity index is 1.34. The normalized spacial score (nSPS) is 31.2.